The van der Waals surface area contributed by atoms with E-state index >= 15 is 0 Å². The van der Waals surface area contributed by atoms with Crippen molar-refractivity contribution in [2.45, 2.75) is 116 Å². The van der Waals surface area contributed by atoms with E-state index in [-0.39, 0.29) is 39.1 Å². The number of alkyl halides is 1. The lowest BCUT2D eigenvalue weighted by atomic mass is 9.33. The molecule has 4 saturated carbocycles. The van der Waals surface area contributed by atoms with Crippen molar-refractivity contribution in [3.63, 3.8) is 0 Å². The predicted molar refractivity (Wildman–Crippen MR) is 146 cm³/mol. The lowest BCUT2D eigenvalue weighted by Crippen LogP contribution is -2.66. The van der Waals surface area contributed by atoms with Gasteiger partial charge in [-0.05, 0) is 96.7 Å². The second-order valence-electron chi connectivity index (χ2n) is 15.0. The Hall–Kier alpha value is -0.100. The van der Waals surface area contributed by atoms with E-state index in [0.29, 0.717) is 15.8 Å². The summed E-state index contributed by atoms with van der Waals surface area (Å²) in [6, 6.07) is 0. The van der Waals surface area contributed by atoms with E-state index in [1.165, 1.54) is 18.4 Å². The van der Waals surface area contributed by atoms with E-state index in [2.05, 4.69) is 77.1 Å². The van der Waals surface area contributed by atoms with Gasteiger partial charge >= 0.3 is 5.97 Å². The normalized spacial score (nSPS) is 53.4. The van der Waals surface area contributed by atoms with E-state index in [4.69, 9.17) is 0 Å². The highest BCUT2D eigenvalue weighted by Crippen LogP contribution is 2.76. The van der Waals surface area contributed by atoms with Crippen LogP contribution in [-0.4, -0.2) is 26.2 Å². The minimum absolute atomic E-state index is 0.0368. The standard InChI is InChI=1S/C30H47IO3/c1-25(2)14-16-30(24(33)34)17-15-28(6)18(22(30)23(25)31)8-9-20-27(5)12-11-21(32)26(3,4)19(27)10-13-29(20,28)7/h8,19-23,32H,9-17H2,1-7H3,(H,33,34)/t19-,20+,21-,22+,23+,27-,28+,29+,30-/m0/s1. The number of allylic oxidation sites excluding steroid dienone is 2. The number of carboxylic acid groups (broad SMARTS) is 1. The maximum Gasteiger partial charge on any atom is 0.310 e. The molecule has 5 rings (SSSR count). The number of hydrogen-bond donors (Lipinski definition) is 2. The van der Waals surface area contributed by atoms with Gasteiger partial charge in [-0.2, -0.15) is 0 Å². The summed E-state index contributed by atoms with van der Waals surface area (Å²) in [6.45, 7) is 17.0. The zero-order valence-electron chi connectivity index (χ0n) is 22.5. The fourth-order valence-corrected chi connectivity index (χ4v) is 11.9. The summed E-state index contributed by atoms with van der Waals surface area (Å²) in [7, 11) is 0. The molecule has 0 heterocycles. The number of aliphatic hydroxyl groups excluding tert-OH is 1. The molecular formula is C30H47IO3. The van der Waals surface area contributed by atoms with Crippen molar-refractivity contribution in [3.8, 4) is 0 Å². The molecule has 4 fully saturated rings. The molecule has 0 aromatic heterocycles. The predicted octanol–water partition coefficient (Wildman–Crippen LogP) is 7.65. The number of carbonyl (C=O) groups is 1. The fourth-order valence-electron chi connectivity index (χ4n) is 10.6. The first-order valence-electron chi connectivity index (χ1n) is 13.8. The lowest BCUT2D eigenvalue weighted by Gasteiger charge is -2.71. The van der Waals surface area contributed by atoms with Gasteiger partial charge in [0.15, 0.2) is 0 Å². The molecule has 0 saturated heterocycles. The zero-order chi connectivity index (χ0) is 25.1. The summed E-state index contributed by atoms with van der Waals surface area (Å²) in [5.74, 6) is 0.735. The monoisotopic (exact) mass is 582 g/mol. The molecule has 2 N–H and O–H groups in total. The summed E-state index contributed by atoms with van der Waals surface area (Å²) in [5.41, 5.74) is 1.52. The van der Waals surface area contributed by atoms with E-state index in [1.54, 1.807) is 0 Å². The lowest BCUT2D eigenvalue weighted by molar-refractivity contribution is -0.205. The molecule has 5 aliphatic rings. The first-order valence-corrected chi connectivity index (χ1v) is 15.1. The highest BCUT2D eigenvalue weighted by Gasteiger charge is 2.70. The van der Waals surface area contributed by atoms with Crippen molar-refractivity contribution in [1.29, 1.82) is 0 Å². The molecule has 0 amide bonds. The smallest absolute Gasteiger partial charge is 0.310 e. The minimum Gasteiger partial charge on any atom is -0.481 e. The summed E-state index contributed by atoms with van der Waals surface area (Å²) < 4.78 is 0.344. The van der Waals surface area contributed by atoms with Gasteiger partial charge in [-0.3, -0.25) is 4.79 Å². The van der Waals surface area contributed by atoms with Crippen LogP contribution in [-0.2, 0) is 4.79 Å². The van der Waals surface area contributed by atoms with E-state index < -0.39 is 11.4 Å². The van der Waals surface area contributed by atoms with Crippen molar-refractivity contribution in [1.82, 2.24) is 0 Å². The van der Waals surface area contributed by atoms with E-state index in [1.807, 2.05) is 0 Å². The van der Waals surface area contributed by atoms with Crippen LogP contribution in [0.25, 0.3) is 0 Å². The molecular weight excluding hydrogens is 535 g/mol. The van der Waals surface area contributed by atoms with Crippen molar-refractivity contribution in [2.75, 3.05) is 0 Å². The number of hydrogen-bond acceptors (Lipinski definition) is 2. The molecule has 34 heavy (non-hydrogen) atoms. The molecule has 0 aliphatic heterocycles. The van der Waals surface area contributed by atoms with E-state index in [0.717, 1.165) is 44.9 Å². The molecule has 0 aromatic rings. The van der Waals surface area contributed by atoms with E-state index in [9.17, 15) is 15.0 Å². The summed E-state index contributed by atoms with van der Waals surface area (Å²) in [4.78, 5) is 12.9. The number of halogens is 1. The quantitative estimate of drug-likeness (QED) is 0.190. The van der Waals surface area contributed by atoms with Crippen molar-refractivity contribution < 1.29 is 15.0 Å². The first-order chi connectivity index (χ1) is 15.6. The van der Waals surface area contributed by atoms with Gasteiger partial charge in [0.1, 0.15) is 0 Å². The van der Waals surface area contributed by atoms with Crippen LogP contribution < -0.4 is 0 Å². The van der Waals surface area contributed by atoms with Gasteiger partial charge in [0.2, 0.25) is 0 Å². The van der Waals surface area contributed by atoms with Gasteiger partial charge in [0.25, 0.3) is 0 Å². The van der Waals surface area contributed by atoms with Crippen LogP contribution in [0.3, 0.4) is 0 Å². The summed E-state index contributed by atoms with van der Waals surface area (Å²) in [6.07, 6.45) is 11.5. The Morgan fingerprint density at radius 1 is 0.912 bits per heavy atom. The third-order valence-electron chi connectivity index (χ3n) is 13.2. The largest absolute Gasteiger partial charge is 0.481 e. The average Bonchev–Trinajstić information content (AvgIpc) is 2.74. The number of fused-ring (bicyclic) bond motifs is 7. The van der Waals surface area contributed by atoms with Crippen LogP contribution in [0.1, 0.15) is 106 Å². The molecule has 3 nitrogen and oxygen atoms in total. The molecule has 0 unspecified atom stereocenters. The Kier molecular flexibility index (Phi) is 5.62. The van der Waals surface area contributed by atoms with Gasteiger partial charge in [-0.25, -0.2) is 0 Å². The third kappa shape index (κ3) is 2.93. The Morgan fingerprint density at radius 2 is 1.56 bits per heavy atom. The second kappa shape index (κ2) is 7.48. The fraction of sp³-hybridized carbons (Fsp3) is 0.900. The number of rotatable bonds is 1. The first kappa shape index (κ1) is 25.5. The maximum atomic E-state index is 12.9. The van der Waals surface area contributed by atoms with Gasteiger partial charge < -0.3 is 10.2 Å². The Morgan fingerprint density at radius 3 is 2.21 bits per heavy atom. The molecule has 192 valence electrons. The van der Waals surface area contributed by atoms with Crippen LogP contribution in [0.2, 0.25) is 0 Å². The summed E-state index contributed by atoms with van der Waals surface area (Å²) in [5, 5.41) is 21.5. The zero-order valence-corrected chi connectivity index (χ0v) is 24.7. The van der Waals surface area contributed by atoms with Crippen LogP contribution in [0.4, 0.5) is 0 Å². The van der Waals surface area contributed by atoms with Gasteiger partial charge in [0, 0.05) is 9.84 Å². The SMILES string of the molecule is CC1(C)CC[C@]2(C(=O)O)CC[C@]3(C)C(=CC[C@@H]4[C@@]5(C)CC[C@H](O)C(C)(C)[C@@H]5CC[C@]43C)[C@@H]2[C@H]1I. The second-order valence-corrected chi connectivity index (χ2v) is 16.3. The van der Waals surface area contributed by atoms with Crippen molar-refractivity contribution in [2.24, 2.45) is 50.2 Å². The number of aliphatic hydroxyl groups is 1. The number of aliphatic carboxylic acids is 1. The average molecular weight is 583 g/mol. The van der Waals surface area contributed by atoms with Gasteiger partial charge in [-0.1, -0.05) is 82.7 Å². The van der Waals surface area contributed by atoms with Crippen LogP contribution >= 0.6 is 22.6 Å². The molecule has 0 aromatic carbocycles. The molecule has 0 radical (unpaired) electrons. The highest BCUT2D eigenvalue weighted by molar-refractivity contribution is 14.1. The van der Waals surface area contributed by atoms with Crippen LogP contribution in [0, 0.1) is 50.2 Å². The Balaban J connectivity index is 1.62. The summed E-state index contributed by atoms with van der Waals surface area (Å²) >= 11 is 2.63. The Labute approximate surface area is 221 Å². The highest BCUT2D eigenvalue weighted by atomic mass is 127. The molecule has 5 aliphatic carbocycles. The molecule has 0 spiro atoms. The minimum atomic E-state index is -0.589. The van der Waals surface area contributed by atoms with Gasteiger partial charge in [0.05, 0.1) is 11.5 Å². The number of carboxylic acids is 1. The Bertz CT molecular complexity index is 922. The topological polar surface area (TPSA) is 57.5 Å². The van der Waals surface area contributed by atoms with Crippen molar-refractivity contribution >= 4 is 28.6 Å². The maximum absolute atomic E-state index is 12.9. The van der Waals surface area contributed by atoms with Crippen LogP contribution in [0.5, 0.6) is 0 Å². The third-order valence-corrected chi connectivity index (χ3v) is 15.6. The van der Waals surface area contributed by atoms with Crippen LogP contribution in [0.15, 0.2) is 11.6 Å². The van der Waals surface area contributed by atoms with Crippen molar-refractivity contribution in [3.05, 3.63) is 11.6 Å². The molecule has 4 heteroatoms. The molecule has 9 atom stereocenters. The molecule has 0 bridgehead atoms. The van der Waals surface area contributed by atoms with Gasteiger partial charge in [-0.15, -0.1) is 0 Å².